The van der Waals surface area contributed by atoms with Gasteiger partial charge in [0, 0.05) is 24.0 Å². The lowest BCUT2D eigenvalue weighted by atomic mass is 10.3. The van der Waals surface area contributed by atoms with E-state index in [-0.39, 0.29) is 26.4 Å². The number of hydrogen-bond donors (Lipinski definition) is 0. The van der Waals surface area contributed by atoms with Crippen LogP contribution in [0.2, 0.25) is 0 Å². The van der Waals surface area contributed by atoms with Crippen molar-refractivity contribution in [2.45, 2.75) is 52.9 Å². The number of unbranched alkanes of at least 4 members (excludes halogenated alkanes) is 2. The second kappa shape index (κ2) is 14.6. The van der Waals surface area contributed by atoms with Crippen LogP contribution in [0.15, 0.2) is 24.3 Å². The Kier molecular flexibility index (Phi) is 13.8. The lowest BCUT2D eigenvalue weighted by Crippen LogP contribution is -2.10. The molecule has 0 aliphatic carbocycles. The molecule has 7 nitrogen and oxygen atoms in total. The van der Waals surface area contributed by atoms with Crippen LogP contribution in [0.3, 0.4) is 0 Å². The molecule has 0 heterocycles. The fourth-order valence-corrected chi connectivity index (χ4v) is 3.58. The first kappa shape index (κ1) is 25.6. The zero-order valence-electron chi connectivity index (χ0n) is 16.8. The summed E-state index contributed by atoms with van der Waals surface area (Å²) in [5, 5.41) is 0. The van der Waals surface area contributed by atoms with Gasteiger partial charge in [-0.2, -0.15) is 0 Å². The first-order valence-corrected chi connectivity index (χ1v) is 11.0. The van der Waals surface area contributed by atoms with Gasteiger partial charge in [0.1, 0.15) is 0 Å². The fourth-order valence-electron chi connectivity index (χ4n) is 1.82. The van der Waals surface area contributed by atoms with Gasteiger partial charge in [0.25, 0.3) is 0 Å². The summed E-state index contributed by atoms with van der Waals surface area (Å²) in [6.45, 7) is 12.8. The molecule has 0 radical (unpaired) electrons. The van der Waals surface area contributed by atoms with Crippen LogP contribution in [-0.4, -0.2) is 44.5 Å². The molecule has 0 saturated carbocycles. The molecule has 27 heavy (non-hydrogen) atoms. The van der Waals surface area contributed by atoms with Crippen LogP contribution in [0.25, 0.3) is 0 Å². The monoisotopic (exact) mass is 404 g/mol. The Balaban J connectivity index is 4.23. The van der Waals surface area contributed by atoms with E-state index in [9.17, 15) is 14.2 Å². The average Bonchev–Trinajstić information content (AvgIpc) is 2.60. The molecule has 8 heteroatoms. The molecule has 0 fully saturated rings. The van der Waals surface area contributed by atoms with Gasteiger partial charge in [0.2, 0.25) is 0 Å². The van der Waals surface area contributed by atoms with E-state index in [4.69, 9.17) is 18.5 Å². The molecule has 0 atom stereocenters. The molecule has 0 aromatic carbocycles. The van der Waals surface area contributed by atoms with E-state index in [1.54, 1.807) is 13.8 Å². The Hall–Kier alpha value is -1.43. The minimum atomic E-state index is -3.23. The van der Waals surface area contributed by atoms with Crippen molar-refractivity contribution in [2.24, 2.45) is 0 Å². The number of rotatable bonds is 16. The van der Waals surface area contributed by atoms with Crippen LogP contribution in [0.1, 0.15) is 52.9 Å². The van der Waals surface area contributed by atoms with Gasteiger partial charge in [-0.3, -0.25) is 4.57 Å². The summed E-state index contributed by atoms with van der Waals surface area (Å²) in [6.07, 6.45) is 3.82. The molecule has 0 aliphatic heterocycles. The van der Waals surface area contributed by atoms with Crippen molar-refractivity contribution in [1.82, 2.24) is 0 Å². The first-order valence-electron chi connectivity index (χ1n) is 9.25. The predicted octanol–water partition coefficient (Wildman–Crippen LogP) is 4.42. The number of esters is 2. The molecule has 0 spiro atoms. The largest absolute Gasteiger partial charge is 0.462 e. The van der Waals surface area contributed by atoms with E-state index in [1.165, 1.54) is 0 Å². The lowest BCUT2D eigenvalue weighted by Gasteiger charge is -2.18. The van der Waals surface area contributed by atoms with Gasteiger partial charge in [0.15, 0.2) is 0 Å². The zero-order chi connectivity index (χ0) is 20.7. The smallest absolute Gasteiger partial charge is 0.333 e. The lowest BCUT2D eigenvalue weighted by molar-refractivity contribution is -0.140. The Morgan fingerprint density at radius 3 is 1.59 bits per heavy atom. The third-order valence-corrected chi connectivity index (χ3v) is 5.37. The van der Waals surface area contributed by atoms with E-state index in [2.05, 4.69) is 20.1 Å². The molecule has 0 aromatic heterocycles. The van der Waals surface area contributed by atoms with E-state index < -0.39 is 19.5 Å². The summed E-state index contributed by atoms with van der Waals surface area (Å²) in [4.78, 5) is 22.6. The van der Waals surface area contributed by atoms with Crippen LogP contribution in [0.5, 0.6) is 0 Å². The Labute approximate surface area is 162 Å². The second-order valence-electron chi connectivity index (χ2n) is 6.25. The molecule has 0 N–H and O–H groups in total. The maximum atomic E-state index is 12.8. The summed E-state index contributed by atoms with van der Waals surface area (Å²) < 4.78 is 33.7. The van der Waals surface area contributed by atoms with Crippen LogP contribution < -0.4 is 0 Å². The second-order valence-corrected chi connectivity index (χ2v) is 8.43. The maximum absolute atomic E-state index is 12.8. The molecule has 156 valence electrons. The maximum Gasteiger partial charge on any atom is 0.333 e. The normalized spacial score (nSPS) is 11.1. The van der Waals surface area contributed by atoms with Gasteiger partial charge in [-0.05, 0) is 20.3 Å². The minimum Gasteiger partial charge on any atom is -0.462 e. The van der Waals surface area contributed by atoms with E-state index in [1.807, 2.05) is 0 Å². The van der Waals surface area contributed by atoms with Crippen molar-refractivity contribution in [3.05, 3.63) is 24.3 Å². The van der Waals surface area contributed by atoms with E-state index in [0.717, 1.165) is 19.3 Å². The minimum absolute atomic E-state index is 0.164. The van der Waals surface area contributed by atoms with Crippen LogP contribution >= 0.6 is 7.60 Å². The van der Waals surface area contributed by atoms with Crippen molar-refractivity contribution < 1.29 is 32.7 Å². The van der Waals surface area contributed by atoms with Crippen molar-refractivity contribution in [3.63, 3.8) is 0 Å². The van der Waals surface area contributed by atoms with Crippen molar-refractivity contribution in [1.29, 1.82) is 0 Å². The molecule has 0 rings (SSSR count). The Morgan fingerprint density at radius 2 is 1.22 bits per heavy atom. The van der Waals surface area contributed by atoms with Crippen molar-refractivity contribution in [2.75, 3.05) is 32.6 Å². The van der Waals surface area contributed by atoms with Crippen LogP contribution in [0.4, 0.5) is 0 Å². The van der Waals surface area contributed by atoms with Crippen LogP contribution in [-0.2, 0) is 32.7 Å². The standard InChI is InChI=1S/C19H33O7P/c1-6-7-8-15-27(22,25-13-9-11-23-18(20)16(2)3)26-14-10-12-24-19(21)17(4)5/h2,4,6-15H2,1,3,5H3. The van der Waals surface area contributed by atoms with Gasteiger partial charge >= 0.3 is 19.5 Å². The molecular formula is C19H33O7P. The fraction of sp³-hybridized carbons (Fsp3) is 0.684. The Bertz CT molecular complexity index is 502. The van der Waals surface area contributed by atoms with Gasteiger partial charge < -0.3 is 18.5 Å². The van der Waals surface area contributed by atoms with Crippen molar-refractivity contribution >= 4 is 19.5 Å². The van der Waals surface area contributed by atoms with Gasteiger partial charge in [-0.25, -0.2) is 9.59 Å². The quantitative estimate of drug-likeness (QED) is 0.163. The average molecular weight is 404 g/mol. The van der Waals surface area contributed by atoms with E-state index >= 15 is 0 Å². The summed E-state index contributed by atoms with van der Waals surface area (Å²) in [5.41, 5.74) is 0.661. The summed E-state index contributed by atoms with van der Waals surface area (Å²) in [7, 11) is -3.23. The summed E-state index contributed by atoms with van der Waals surface area (Å²) in [5.74, 6) is -0.914. The van der Waals surface area contributed by atoms with Crippen LogP contribution in [0, 0.1) is 0 Å². The topological polar surface area (TPSA) is 88.1 Å². The summed E-state index contributed by atoms with van der Waals surface area (Å²) >= 11 is 0. The highest BCUT2D eigenvalue weighted by Crippen LogP contribution is 2.49. The van der Waals surface area contributed by atoms with Gasteiger partial charge in [-0.15, -0.1) is 0 Å². The highest BCUT2D eigenvalue weighted by Gasteiger charge is 2.24. The third-order valence-electron chi connectivity index (χ3n) is 3.35. The zero-order valence-corrected chi connectivity index (χ0v) is 17.7. The summed E-state index contributed by atoms with van der Waals surface area (Å²) in [6, 6.07) is 0. The number of ether oxygens (including phenoxy) is 2. The number of carbonyl (C=O) groups is 2. The highest BCUT2D eigenvalue weighted by atomic mass is 31.2. The number of carbonyl (C=O) groups excluding carboxylic acids is 2. The highest BCUT2D eigenvalue weighted by molar-refractivity contribution is 7.53. The SMILES string of the molecule is C=C(C)C(=O)OCCCOP(=O)(CCCCC)OCCCOC(=O)C(=C)C. The Morgan fingerprint density at radius 1 is 0.778 bits per heavy atom. The molecule has 0 aliphatic rings. The molecule has 0 bridgehead atoms. The molecular weight excluding hydrogens is 371 g/mol. The number of hydrogen-bond acceptors (Lipinski definition) is 7. The third kappa shape index (κ3) is 13.4. The molecule has 0 saturated heterocycles. The molecule has 0 unspecified atom stereocenters. The van der Waals surface area contributed by atoms with Crippen molar-refractivity contribution in [3.8, 4) is 0 Å². The molecule has 0 amide bonds. The van der Waals surface area contributed by atoms with Gasteiger partial charge in [0.05, 0.1) is 32.6 Å². The van der Waals surface area contributed by atoms with Gasteiger partial charge in [-0.1, -0.05) is 32.9 Å². The first-order chi connectivity index (χ1) is 12.7. The molecule has 0 aromatic rings. The van der Waals surface area contributed by atoms with E-state index in [0.29, 0.717) is 30.1 Å². The predicted molar refractivity (Wildman–Crippen MR) is 105 cm³/mol.